The second-order valence-corrected chi connectivity index (χ2v) is 10.4. The van der Waals surface area contributed by atoms with E-state index in [1.165, 1.54) is 22.0 Å². The molecule has 0 radical (unpaired) electrons. The highest BCUT2D eigenvalue weighted by molar-refractivity contribution is 7.91. The minimum atomic E-state index is -3.53. The van der Waals surface area contributed by atoms with Crippen LogP contribution in [0, 0.1) is 5.92 Å². The third kappa shape index (κ3) is 4.30. The van der Waals surface area contributed by atoms with E-state index in [1.807, 2.05) is 31.2 Å². The highest BCUT2D eigenvalue weighted by Gasteiger charge is 2.34. The average molecular weight is 446 g/mol. The fraction of sp³-hybridized carbons (Fsp3) is 0.350. The molecule has 2 atom stereocenters. The van der Waals surface area contributed by atoms with E-state index in [9.17, 15) is 13.2 Å². The first-order valence-corrected chi connectivity index (χ1v) is 12.1. The van der Waals surface area contributed by atoms with Crippen LogP contribution in [0.3, 0.4) is 0 Å². The Labute approximate surface area is 179 Å². The maximum Gasteiger partial charge on any atom is 0.252 e. The highest BCUT2D eigenvalue weighted by Crippen LogP contribution is 2.27. The van der Waals surface area contributed by atoms with Crippen molar-refractivity contribution in [1.82, 2.24) is 24.4 Å². The highest BCUT2D eigenvalue weighted by atomic mass is 32.2. The normalized spacial score (nSPS) is 18.8. The van der Waals surface area contributed by atoms with Gasteiger partial charge >= 0.3 is 0 Å². The van der Waals surface area contributed by atoms with Crippen LogP contribution in [0.5, 0.6) is 0 Å². The van der Waals surface area contributed by atoms with Crippen LogP contribution in [0.25, 0.3) is 5.69 Å². The number of nitrogens with zero attached hydrogens (tertiary/aromatic N) is 4. The summed E-state index contributed by atoms with van der Waals surface area (Å²) < 4.78 is 29.0. The molecule has 10 heteroatoms. The van der Waals surface area contributed by atoms with Gasteiger partial charge in [0.2, 0.25) is 5.91 Å². The summed E-state index contributed by atoms with van der Waals surface area (Å²) >= 11 is 1.20. The van der Waals surface area contributed by atoms with Gasteiger partial charge in [0.15, 0.2) is 0 Å². The molecule has 0 spiro atoms. The second kappa shape index (κ2) is 8.66. The molecule has 1 amide bonds. The molecule has 1 aromatic carbocycles. The van der Waals surface area contributed by atoms with Crippen LogP contribution in [-0.2, 0) is 14.8 Å². The van der Waals surface area contributed by atoms with Gasteiger partial charge in [-0.15, -0.1) is 11.3 Å². The van der Waals surface area contributed by atoms with Gasteiger partial charge in [0.1, 0.15) is 16.9 Å². The van der Waals surface area contributed by atoms with Crippen molar-refractivity contribution in [2.24, 2.45) is 5.92 Å². The lowest BCUT2D eigenvalue weighted by Crippen LogP contribution is -2.45. The number of aromatic nitrogens is 3. The predicted molar refractivity (Wildman–Crippen MR) is 114 cm³/mol. The standard InChI is InChI=1S/C20H23N5O3S2/c1-15(16-6-8-18(9-7-16)25-14-21-13-22-25)23-20(26)17-4-2-10-24(12-17)30(27,28)19-5-3-11-29-19/h3,5-9,11,13-15,17H,2,4,10,12H2,1H3,(H,23,26)/t15-,17+/m0/s1. The number of piperidine rings is 1. The van der Waals surface area contributed by atoms with Gasteiger partial charge in [-0.3, -0.25) is 4.79 Å². The molecule has 2 aromatic heterocycles. The Morgan fingerprint density at radius 3 is 2.73 bits per heavy atom. The van der Waals surface area contributed by atoms with Crippen molar-refractivity contribution in [3.63, 3.8) is 0 Å². The molecule has 30 heavy (non-hydrogen) atoms. The van der Waals surface area contributed by atoms with E-state index in [2.05, 4.69) is 15.4 Å². The zero-order valence-electron chi connectivity index (χ0n) is 16.5. The third-order valence-electron chi connectivity index (χ3n) is 5.28. The van der Waals surface area contributed by atoms with E-state index in [4.69, 9.17) is 0 Å². The van der Waals surface area contributed by atoms with Gasteiger partial charge in [-0.1, -0.05) is 18.2 Å². The van der Waals surface area contributed by atoms with E-state index >= 15 is 0 Å². The fourth-order valence-corrected chi connectivity index (χ4v) is 6.25. The van der Waals surface area contributed by atoms with Crippen molar-refractivity contribution >= 4 is 27.3 Å². The molecule has 3 aromatic rings. The first kappa shape index (κ1) is 20.7. The Morgan fingerprint density at radius 2 is 2.07 bits per heavy atom. The number of amides is 1. The van der Waals surface area contributed by atoms with Gasteiger partial charge in [0.05, 0.1) is 17.6 Å². The molecule has 1 aliphatic heterocycles. The number of rotatable bonds is 6. The summed E-state index contributed by atoms with van der Waals surface area (Å²) in [6, 6.07) is 10.9. The summed E-state index contributed by atoms with van der Waals surface area (Å²) in [4.78, 5) is 16.8. The lowest BCUT2D eigenvalue weighted by atomic mass is 9.98. The van der Waals surface area contributed by atoms with Crippen LogP contribution >= 0.6 is 11.3 Å². The van der Waals surface area contributed by atoms with Crippen LogP contribution in [0.2, 0.25) is 0 Å². The minimum absolute atomic E-state index is 0.117. The zero-order valence-corrected chi connectivity index (χ0v) is 18.1. The molecular weight excluding hydrogens is 422 g/mol. The second-order valence-electron chi connectivity index (χ2n) is 7.30. The van der Waals surface area contributed by atoms with E-state index in [0.29, 0.717) is 23.6 Å². The summed E-state index contributed by atoms with van der Waals surface area (Å²) in [5, 5.41) is 8.88. The molecule has 1 N–H and O–H groups in total. The largest absolute Gasteiger partial charge is 0.349 e. The van der Waals surface area contributed by atoms with Gasteiger partial charge in [0, 0.05) is 13.1 Å². The van der Waals surface area contributed by atoms with Crippen LogP contribution in [0.15, 0.2) is 58.6 Å². The average Bonchev–Trinajstić information content (AvgIpc) is 3.48. The monoisotopic (exact) mass is 445 g/mol. The van der Waals surface area contributed by atoms with Crippen molar-refractivity contribution in [1.29, 1.82) is 0 Å². The van der Waals surface area contributed by atoms with E-state index in [1.54, 1.807) is 28.5 Å². The maximum atomic E-state index is 12.8. The third-order valence-corrected chi connectivity index (χ3v) is 8.52. The SMILES string of the molecule is C[C@H](NC(=O)[C@@H]1CCCN(S(=O)(=O)c2cccs2)C1)c1ccc(-n2cncn2)cc1. The molecule has 0 aliphatic carbocycles. The lowest BCUT2D eigenvalue weighted by Gasteiger charge is -2.31. The van der Waals surface area contributed by atoms with Gasteiger partial charge in [-0.05, 0) is 48.9 Å². The number of hydrogen-bond donors (Lipinski definition) is 1. The smallest absolute Gasteiger partial charge is 0.252 e. The molecule has 0 unspecified atom stereocenters. The Hall–Kier alpha value is -2.56. The summed E-state index contributed by atoms with van der Waals surface area (Å²) in [5.74, 6) is -0.473. The van der Waals surface area contributed by atoms with Crippen molar-refractivity contribution in [3.8, 4) is 5.69 Å². The van der Waals surface area contributed by atoms with Crippen LogP contribution < -0.4 is 5.32 Å². The molecule has 0 saturated carbocycles. The Balaban J connectivity index is 1.39. The van der Waals surface area contributed by atoms with E-state index < -0.39 is 10.0 Å². The zero-order chi connectivity index (χ0) is 21.1. The molecule has 1 fully saturated rings. The summed E-state index contributed by atoms with van der Waals surface area (Å²) in [6.45, 7) is 2.58. The molecule has 158 valence electrons. The Bertz CT molecular complexity index is 1080. The van der Waals surface area contributed by atoms with Crippen LogP contribution in [0.4, 0.5) is 0 Å². The van der Waals surface area contributed by atoms with Gasteiger partial charge < -0.3 is 5.32 Å². The molecule has 4 rings (SSSR count). The fourth-order valence-electron chi connectivity index (χ4n) is 3.58. The Morgan fingerprint density at radius 1 is 1.27 bits per heavy atom. The first-order valence-electron chi connectivity index (χ1n) is 9.74. The number of thiophene rings is 1. The number of benzene rings is 1. The van der Waals surface area contributed by atoms with Crippen LogP contribution in [-0.4, -0.2) is 46.5 Å². The van der Waals surface area contributed by atoms with Gasteiger partial charge in [-0.2, -0.15) is 9.40 Å². The number of sulfonamides is 1. The summed E-state index contributed by atoms with van der Waals surface area (Å²) in [6.07, 6.45) is 4.45. The molecule has 1 saturated heterocycles. The molecule has 3 heterocycles. The number of hydrogen-bond acceptors (Lipinski definition) is 6. The van der Waals surface area contributed by atoms with Crippen molar-refractivity contribution in [2.45, 2.75) is 30.0 Å². The topological polar surface area (TPSA) is 97.2 Å². The Kier molecular flexibility index (Phi) is 5.98. The minimum Gasteiger partial charge on any atom is -0.349 e. The van der Waals surface area contributed by atoms with Crippen molar-refractivity contribution in [3.05, 3.63) is 60.0 Å². The quantitative estimate of drug-likeness (QED) is 0.629. The summed E-state index contributed by atoms with van der Waals surface area (Å²) in [7, 11) is -3.53. The first-order chi connectivity index (χ1) is 14.4. The van der Waals surface area contributed by atoms with E-state index in [-0.39, 0.29) is 24.4 Å². The number of nitrogens with one attached hydrogen (secondary N) is 1. The van der Waals surface area contributed by atoms with Crippen LogP contribution in [0.1, 0.15) is 31.4 Å². The maximum absolute atomic E-state index is 12.8. The van der Waals surface area contributed by atoms with Crippen molar-refractivity contribution < 1.29 is 13.2 Å². The van der Waals surface area contributed by atoms with Crippen molar-refractivity contribution in [2.75, 3.05) is 13.1 Å². The molecule has 8 nitrogen and oxygen atoms in total. The van der Waals surface area contributed by atoms with Gasteiger partial charge in [0.25, 0.3) is 10.0 Å². The van der Waals surface area contributed by atoms with E-state index in [0.717, 1.165) is 11.3 Å². The number of carbonyl (C=O) groups is 1. The predicted octanol–water partition coefficient (Wildman–Crippen LogP) is 2.61. The lowest BCUT2D eigenvalue weighted by molar-refractivity contribution is -0.126. The summed E-state index contributed by atoms with van der Waals surface area (Å²) in [5.41, 5.74) is 1.85. The van der Waals surface area contributed by atoms with Gasteiger partial charge in [-0.25, -0.2) is 18.1 Å². The molecule has 0 bridgehead atoms. The molecule has 1 aliphatic rings. The number of carbonyl (C=O) groups excluding carboxylic acids is 1. The molecular formula is C20H23N5O3S2.